The first-order valence-corrected chi connectivity index (χ1v) is 11.2. The summed E-state index contributed by atoms with van der Waals surface area (Å²) in [6, 6.07) is 2.42. The smallest absolute Gasteiger partial charge is 0.256 e. The predicted octanol–water partition coefficient (Wildman–Crippen LogP) is 2.24. The second kappa shape index (κ2) is 10.1. The Morgan fingerprint density at radius 3 is 2.38 bits per heavy atom. The molecule has 2 bridgehead atoms. The second-order valence-electron chi connectivity index (χ2n) is 8.51. The summed E-state index contributed by atoms with van der Waals surface area (Å²) in [5.41, 5.74) is 6.76. The van der Waals surface area contributed by atoms with E-state index in [9.17, 15) is 0 Å². The number of hydrogen-bond acceptors (Lipinski definition) is 7. The third kappa shape index (κ3) is 5.05. The minimum atomic E-state index is 0.418. The third-order valence-electron chi connectivity index (χ3n) is 6.59. The standard InChI is InChI=1S/C21H36N4O4/c1-26-11-12-27-9-2-10-29-21-20(22)13-24(23-21)16-3-5-17(6-4-16)25-18-7-8-19(25)15-28-14-18/h13,16-19H,2-12,14-15,22H2,1H3/t16?,17?,18-,19?/m0/s1. The van der Waals surface area contributed by atoms with Crippen LogP contribution in [0.3, 0.4) is 0 Å². The molecule has 2 aliphatic heterocycles. The summed E-state index contributed by atoms with van der Waals surface area (Å²) in [5.74, 6) is 0.551. The lowest BCUT2D eigenvalue weighted by Gasteiger charge is -2.43. The van der Waals surface area contributed by atoms with Crippen molar-refractivity contribution in [3.63, 3.8) is 0 Å². The van der Waals surface area contributed by atoms with Gasteiger partial charge in [-0.15, -0.1) is 5.10 Å². The predicted molar refractivity (Wildman–Crippen MR) is 110 cm³/mol. The molecule has 1 aliphatic carbocycles. The Hall–Kier alpha value is -1.35. The molecular weight excluding hydrogens is 372 g/mol. The number of morpholine rings is 1. The SMILES string of the molecule is COCCOCCCOc1nn(C2CCC(N3C4CC[C@H]3COC4)CC2)cc1N. The molecule has 164 valence electrons. The van der Waals surface area contributed by atoms with E-state index in [-0.39, 0.29) is 0 Å². The molecule has 1 aromatic heterocycles. The Morgan fingerprint density at radius 2 is 1.66 bits per heavy atom. The zero-order valence-electron chi connectivity index (χ0n) is 17.6. The van der Waals surface area contributed by atoms with Crippen LogP contribution in [-0.4, -0.2) is 79.6 Å². The molecule has 8 nitrogen and oxygen atoms in total. The highest BCUT2D eigenvalue weighted by Crippen LogP contribution is 2.38. The van der Waals surface area contributed by atoms with Gasteiger partial charge in [0.25, 0.3) is 5.88 Å². The van der Waals surface area contributed by atoms with Crippen molar-refractivity contribution in [1.82, 2.24) is 14.7 Å². The van der Waals surface area contributed by atoms with Crippen molar-refractivity contribution in [1.29, 1.82) is 0 Å². The second-order valence-corrected chi connectivity index (χ2v) is 8.51. The maximum atomic E-state index is 6.14. The molecule has 0 amide bonds. The van der Waals surface area contributed by atoms with Crippen molar-refractivity contribution >= 4 is 5.69 Å². The van der Waals surface area contributed by atoms with Crippen LogP contribution in [0.25, 0.3) is 0 Å². The summed E-state index contributed by atoms with van der Waals surface area (Å²) in [5, 5.41) is 4.64. The van der Waals surface area contributed by atoms with E-state index in [0.29, 0.717) is 62.2 Å². The molecule has 4 rings (SSSR count). The van der Waals surface area contributed by atoms with E-state index < -0.39 is 0 Å². The molecule has 2 N–H and O–H groups in total. The highest BCUT2D eigenvalue weighted by molar-refractivity contribution is 5.46. The van der Waals surface area contributed by atoms with Gasteiger partial charge in [0.2, 0.25) is 0 Å². The number of aromatic nitrogens is 2. The Morgan fingerprint density at radius 1 is 0.966 bits per heavy atom. The number of fused-ring (bicyclic) bond motifs is 2. The molecule has 3 aliphatic rings. The quantitative estimate of drug-likeness (QED) is 0.595. The van der Waals surface area contributed by atoms with E-state index in [4.69, 9.17) is 24.7 Å². The van der Waals surface area contributed by atoms with Gasteiger partial charge in [0, 0.05) is 38.3 Å². The van der Waals surface area contributed by atoms with Crippen molar-refractivity contribution in [2.75, 3.05) is 52.5 Å². The molecule has 0 spiro atoms. The van der Waals surface area contributed by atoms with Gasteiger partial charge in [0.1, 0.15) is 5.69 Å². The first-order valence-electron chi connectivity index (χ1n) is 11.2. The highest BCUT2D eigenvalue weighted by Gasteiger charge is 2.42. The zero-order valence-corrected chi connectivity index (χ0v) is 17.6. The maximum Gasteiger partial charge on any atom is 0.256 e. The molecule has 0 radical (unpaired) electrons. The monoisotopic (exact) mass is 408 g/mol. The van der Waals surface area contributed by atoms with Crippen LogP contribution in [0.15, 0.2) is 6.20 Å². The fourth-order valence-electron chi connectivity index (χ4n) is 5.14. The number of nitrogens with zero attached hydrogens (tertiary/aromatic N) is 3. The Kier molecular flexibility index (Phi) is 7.29. The fraction of sp³-hybridized carbons (Fsp3) is 0.857. The Labute approximate surface area is 173 Å². The number of hydrogen-bond donors (Lipinski definition) is 1. The van der Waals surface area contributed by atoms with E-state index in [1.165, 1.54) is 25.7 Å². The minimum Gasteiger partial charge on any atom is -0.475 e. The summed E-state index contributed by atoms with van der Waals surface area (Å²) in [7, 11) is 1.67. The van der Waals surface area contributed by atoms with Crippen LogP contribution in [-0.2, 0) is 14.2 Å². The molecule has 3 heterocycles. The summed E-state index contributed by atoms with van der Waals surface area (Å²) < 4.78 is 24.0. The fourth-order valence-corrected chi connectivity index (χ4v) is 5.14. The first kappa shape index (κ1) is 20.9. The zero-order chi connectivity index (χ0) is 20.1. The van der Waals surface area contributed by atoms with Gasteiger partial charge in [-0.2, -0.15) is 0 Å². The lowest BCUT2D eigenvalue weighted by Crippen LogP contribution is -2.52. The summed E-state index contributed by atoms with van der Waals surface area (Å²) >= 11 is 0. The van der Waals surface area contributed by atoms with E-state index in [2.05, 4.69) is 10.00 Å². The molecule has 3 fully saturated rings. The van der Waals surface area contributed by atoms with E-state index >= 15 is 0 Å². The lowest BCUT2D eigenvalue weighted by atomic mass is 9.89. The van der Waals surface area contributed by atoms with Gasteiger partial charge < -0.3 is 24.7 Å². The number of nitrogens with two attached hydrogens (primary N) is 1. The number of rotatable bonds is 10. The maximum absolute atomic E-state index is 6.14. The summed E-state index contributed by atoms with van der Waals surface area (Å²) in [4.78, 5) is 2.78. The summed E-state index contributed by atoms with van der Waals surface area (Å²) in [6.45, 7) is 4.28. The average molecular weight is 409 g/mol. The van der Waals surface area contributed by atoms with Crippen molar-refractivity contribution in [3.8, 4) is 5.88 Å². The van der Waals surface area contributed by atoms with Gasteiger partial charge >= 0.3 is 0 Å². The molecule has 1 saturated carbocycles. The number of anilines is 1. The van der Waals surface area contributed by atoms with Gasteiger partial charge in [0.15, 0.2) is 0 Å². The van der Waals surface area contributed by atoms with Gasteiger partial charge in [-0.1, -0.05) is 0 Å². The van der Waals surface area contributed by atoms with Gasteiger partial charge in [-0.05, 0) is 38.5 Å². The largest absolute Gasteiger partial charge is 0.475 e. The number of ether oxygens (including phenoxy) is 4. The van der Waals surface area contributed by atoms with E-state index in [1.807, 2.05) is 10.9 Å². The van der Waals surface area contributed by atoms with Crippen LogP contribution in [0.5, 0.6) is 5.88 Å². The lowest BCUT2D eigenvalue weighted by molar-refractivity contribution is -0.0458. The topological polar surface area (TPSA) is 84.0 Å². The van der Waals surface area contributed by atoms with Gasteiger partial charge in [0.05, 0.1) is 45.3 Å². The molecular formula is C21H36N4O4. The Bertz CT molecular complexity index is 616. The first-order chi connectivity index (χ1) is 14.3. The third-order valence-corrected chi connectivity index (χ3v) is 6.59. The van der Waals surface area contributed by atoms with Crippen LogP contribution in [0.4, 0.5) is 5.69 Å². The van der Waals surface area contributed by atoms with Crippen LogP contribution >= 0.6 is 0 Å². The molecule has 2 saturated heterocycles. The van der Waals surface area contributed by atoms with Crippen molar-refractivity contribution < 1.29 is 18.9 Å². The van der Waals surface area contributed by atoms with Crippen LogP contribution in [0, 0.1) is 0 Å². The summed E-state index contributed by atoms with van der Waals surface area (Å²) in [6.07, 6.45) is 10.1. The molecule has 1 aromatic rings. The average Bonchev–Trinajstić information content (AvgIpc) is 3.23. The van der Waals surface area contributed by atoms with E-state index in [0.717, 1.165) is 32.5 Å². The van der Waals surface area contributed by atoms with Crippen molar-refractivity contribution in [2.24, 2.45) is 0 Å². The number of nitrogen functional groups attached to an aromatic ring is 1. The molecule has 29 heavy (non-hydrogen) atoms. The minimum absolute atomic E-state index is 0.418. The van der Waals surface area contributed by atoms with Crippen LogP contribution in [0.1, 0.15) is 51.0 Å². The Balaban J connectivity index is 1.21. The van der Waals surface area contributed by atoms with E-state index in [1.54, 1.807) is 7.11 Å². The normalized spacial score (nSPS) is 30.0. The molecule has 1 unspecified atom stereocenters. The highest BCUT2D eigenvalue weighted by atomic mass is 16.5. The van der Waals surface area contributed by atoms with Crippen LogP contribution in [0.2, 0.25) is 0 Å². The molecule has 8 heteroatoms. The molecule has 0 aromatic carbocycles. The van der Waals surface area contributed by atoms with Gasteiger partial charge in [-0.3, -0.25) is 9.58 Å². The number of methoxy groups -OCH3 is 1. The van der Waals surface area contributed by atoms with Crippen molar-refractivity contribution in [3.05, 3.63) is 6.20 Å². The molecule has 2 atom stereocenters. The van der Waals surface area contributed by atoms with Crippen LogP contribution < -0.4 is 10.5 Å². The van der Waals surface area contributed by atoms with Gasteiger partial charge in [-0.25, -0.2) is 0 Å². The van der Waals surface area contributed by atoms with Crippen molar-refractivity contribution in [2.45, 2.75) is 69.1 Å².